The summed E-state index contributed by atoms with van der Waals surface area (Å²) in [5, 5.41) is 14.3. The highest BCUT2D eigenvalue weighted by atomic mass is 16.1. The quantitative estimate of drug-likeness (QED) is 0.763. The molecular weight excluding hydrogens is 240 g/mol. The molecule has 3 rings (SSSR count). The Hall–Kier alpha value is -1.88. The predicted molar refractivity (Wildman–Crippen MR) is 74.1 cm³/mol. The molecule has 1 atom stereocenters. The topological polar surface area (TPSA) is 69.8 Å². The monoisotopic (exact) mass is 258 g/mol. The highest BCUT2D eigenvalue weighted by molar-refractivity contribution is 5.97. The minimum Gasteiger partial charge on any atom is -0.348 e. The van der Waals surface area contributed by atoms with Gasteiger partial charge in [0, 0.05) is 23.5 Å². The van der Waals surface area contributed by atoms with Crippen molar-refractivity contribution in [2.24, 2.45) is 0 Å². The first-order valence-corrected chi connectivity index (χ1v) is 6.77. The van der Waals surface area contributed by atoms with Crippen LogP contribution in [0.25, 0.3) is 10.9 Å². The third kappa shape index (κ3) is 2.76. The molecule has 1 aromatic carbocycles. The molecule has 0 radical (unpaired) electrons. The first-order chi connectivity index (χ1) is 9.33. The molecule has 1 saturated heterocycles. The Balaban J connectivity index is 1.71. The van der Waals surface area contributed by atoms with Gasteiger partial charge in [0.05, 0.1) is 11.7 Å². The number of nitrogens with one attached hydrogen (secondary N) is 3. The van der Waals surface area contributed by atoms with Crippen molar-refractivity contribution in [3.8, 4) is 0 Å². The van der Waals surface area contributed by atoms with E-state index in [1.165, 1.54) is 6.42 Å². The lowest BCUT2D eigenvalue weighted by molar-refractivity contribution is 0.0935. The number of rotatable bonds is 2. The lowest BCUT2D eigenvalue weighted by atomic mass is 10.1. The summed E-state index contributed by atoms with van der Waals surface area (Å²) in [5.74, 6) is -0.00907. The molecule has 1 aliphatic rings. The predicted octanol–water partition coefficient (Wildman–Crippen LogP) is 1.43. The Morgan fingerprint density at radius 2 is 2.32 bits per heavy atom. The third-order valence-corrected chi connectivity index (χ3v) is 3.59. The zero-order valence-electron chi connectivity index (χ0n) is 10.8. The van der Waals surface area contributed by atoms with Crippen LogP contribution in [-0.4, -0.2) is 35.2 Å². The van der Waals surface area contributed by atoms with Crippen molar-refractivity contribution in [1.82, 2.24) is 20.8 Å². The number of fused-ring (bicyclic) bond motifs is 1. The smallest absolute Gasteiger partial charge is 0.251 e. The van der Waals surface area contributed by atoms with E-state index in [-0.39, 0.29) is 11.9 Å². The third-order valence-electron chi connectivity index (χ3n) is 3.59. The number of nitrogens with zero attached hydrogens (tertiary/aromatic N) is 1. The van der Waals surface area contributed by atoms with Crippen LogP contribution in [0.5, 0.6) is 0 Å². The molecule has 0 bridgehead atoms. The maximum atomic E-state index is 12.2. The maximum absolute atomic E-state index is 12.2. The van der Waals surface area contributed by atoms with Crippen LogP contribution in [-0.2, 0) is 0 Å². The second-order valence-corrected chi connectivity index (χ2v) is 5.04. The van der Waals surface area contributed by atoms with Crippen molar-refractivity contribution in [3.63, 3.8) is 0 Å². The van der Waals surface area contributed by atoms with Gasteiger partial charge < -0.3 is 10.6 Å². The Kier molecular flexibility index (Phi) is 3.46. The number of benzene rings is 1. The zero-order valence-corrected chi connectivity index (χ0v) is 10.8. The summed E-state index contributed by atoms with van der Waals surface area (Å²) in [5.41, 5.74) is 1.58. The Morgan fingerprint density at radius 1 is 1.37 bits per heavy atom. The molecule has 2 heterocycles. The van der Waals surface area contributed by atoms with Gasteiger partial charge in [-0.05, 0) is 31.5 Å². The number of carbonyl (C=O) groups is 1. The van der Waals surface area contributed by atoms with Gasteiger partial charge in [0.2, 0.25) is 0 Å². The van der Waals surface area contributed by atoms with Crippen LogP contribution in [0.2, 0.25) is 0 Å². The lowest BCUT2D eigenvalue weighted by Crippen LogP contribution is -2.40. The van der Waals surface area contributed by atoms with Crippen molar-refractivity contribution in [1.29, 1.82) is 0 Å². The van der Waals surface area contributed by atoms with Gasteiger partial charge >= 0.3 is 0 Å². The van der Waals surface area contributed by atoms with Crippen LogP contribution >= 0.6 is 0 Å². The Morgan fingerprint density at radius 3 is 3.26 bits per heavy atom. The van der Waals surface area contributed by atoms with Crippen molar-refractivity contribution >= 4 is 16.8 Å². The van der Waals surface area contributed by atoms with Crippen LogP contribution in [0, 0.1) is 0 Å². The number of aromatic nitrogens is 2. The molecule has 1 aromatic heterocycles. The summed E-state index contributed by atoms with van der Waals surface area (Å²) < 4.78 is 0. The van der Waals surface area contributed by atoms with Crippen LogP contribution in [0.1, 0.15) is 29.6 Å². The molecule has 1 unspecified atom stereocenters. The van der Waals surface area contributed by atoms with E-state index in [0.717, 1.165) is 36.8 Å². The van der Waals surface area contributed by atoms with Gasteiger partial charge in [-0.2, -0.15) is 5.10 Å². The largest absolute Gasteiger partial charge is 0.348 e. The number of H-pyrrole nitrogens is 1. The minimum atomic E-state index is -0.00907. The van der Waals surface area contributed by atoms with E-state index in [1.54, 1.807) is 6.20 Å². The molecule has 5 heteroatoms. The van der Waals surface area contributed by atoms with Gasteiger partial charge in [0.25, 0.3) is 5.91 Å². The average Bonchev–Trinajstić information content (AvgIpc) is 2.75. The summed E-state index contributed by atoms with van der Waals surface area (Å²) in [6, 6.07) is 5.84. The molecule has 0 aliphatic carbocycles. The maximum Gasteiger partial charge on any atom is 0.251 e. The standard InChI is InChI=1S/C14H18N4O/c19-14(17-12-3-1-2-6-15-9-12)10-4-5-11-8-16-18-13(11)7-10/h4-5,7-8,12,15H,1-3,6,9H2,(H,16,18)(H,17,19). The fraction of sp³-hybridized carbons (Fsp3) is 0.429. The molecule has 3 N–H and O–H groups in total. The lowest BCUT2D eigenvalue weighted by Gasteiger charge is -2.16. The number of amides is 1. The van der Waals surface area contributed by atoms with E-state index in [0.29, 0.717) is 5.56 Å². The van der Waals surface area contributed by atoms with Gasteiger partial charge in [-0.25, -0.2) is 0 Å². The van der Waals surface area contributed by atoms with E-state index in [4.69, 9.17) is 0 Å². The van der Waals surface area contributed by atoms with Crippen LogP contribution in [0.3, 0.4) is 0 Å². The van der Waals surface area contributed by atoms with E-state index in [2.05, 4.69) is 20.8 Å². The summed E-state index contributed by atoms with van der Waals surface area (Å²) in [6.07, 6.45) is 5.15. The van der Waals surface area contributed by atoms with E-state index < -0.39 is 0 Å². The SMILES string of the molecule is O=C(NC1CCCCNC1)c1ccc2cn[nH]c2c1. The molecular formula is C14H18N4O. The molecule has 2 aromatic rings. The summed E-state index contributed by atoms with van der Waals surface area (Å²) >= 11 is 0. The normalized spacial score (nSPS) is 20.1. The highest BCUT2D eigenvalue weighted by Crippen LogP contribution is 2.13. The van der Waals surface area contributed by atoms with Crippen LogP contribution < -0.4 is 10.6 Å². The number of hydrogen-bond acceptors (Lipinski definition) is 3. The van der Waals surface area contributed by atoms with Gasteiger partial charge in [-0.3, -0.25) is 9.89 Å². The van der Waals surface area contributed by atoms with Gasteiger partial charge in [-0.15, -0.1) is 0 Å². The van der Waals surface area contributed by atoms with Crippen LogP contribution in [0.15, 0.2) is 24.4 Å². The summed E-state index contributed by atoms with van der Waals surface area (Å²) in [6.45, 7) is 1.91. The summed E-state index contributed by atoms with van der Waals surface area (Å²) in [7, 11) is 0. The molecule has 1 aliphatic heterocycles. The fourth-order valence-electron chi connectivity index (χ4n) is 2.49. The summed E-state index contributed by atoms with van der Waals surface area (Å²) in [4.78, 5) is 12.2. The molecule has 1 fully saturated rings. The van der Waals surface area contributed by atoms with Crippen molar-refractivity contribution in [3.05, 3.63) is 30.0 Å². The zero-order chi connectivity index (χ0) is 13.1. The van der Waals surface area contributed by atoms with Gasteiger partial charge in [0.1, 0.15) is 0 Å². The second kappa shape index (κ2) is 5.40. The Labute approximate surface area is 111 Å². The molecule has 0 saturated carbocycles. The Bertz CT molecular complexity index is 570. The molecule has 5 nitrogen and oxygen atoms in total. The minimum absolute atomic E-state index is 0.00907. The van der Waals surface area contributed by atoms with Crippen molar-refractivity contribution in [2.45, 2.75) is 25.3 Å². The highest BCUT2D eigenvalue weighted by Gasteiger charge is 2.15. The number of aromatic amines is 1. The number of carbonyl (C=O) groups excluding carboxylic acids is 1. The fourth-order valence-corrected chi connectivity index (χ4v) is 2.49. The number of hydrogen-bond donors (Lipinski definition) is 3. The van der Waals surface area contributed by atoms with Crippen molar-refractivity contribution in [2.75, 3.05) is 13.1 Å². The van der Waals surface area contributed by atoms with E-state index >= 15 is 0 Å². The van der Waals surface area contributed by atoms with Crippen molar-refractivity contribution < 1.29 is 4.79 Å². The molecule has 0 spiro atoms. The van der Waals surface area contributed by atoms with Crippen LogP contribution in [0.4, 0.5) is 0 Å². The van der Waals surface area contributed by atoms with Gasteiger partial charge in [-0.1, -0.05) is 12.5 Å². The molecule has 100 valence electrons. The molecule has 19 heavy (non-hydrogen) atoms. The average molecular weight is 258 g/mol. The first kappa shape index (κ1) is 12.2. The molecule has 1 amide bonds. The van der Waals surface area contributed by atoms with E-state index in [9.17, 15) is 4.79 Å². The van der Waals surface area contributed by atoms with Gasteiger partial charge in [0.15, 0.2) is 0 Å². The second-order valence-electron chi connectivity index (χ2n) is 5.04. The first-order valence-electron chi connectivity index (χ1n) is 6.77. The van der Waals surface area contributed by atoms with E-state index in [1.807, 2.05) is 18.2 Å².